The third-order valence-corrected chi connectivity index (χ3v) is 7.88. The molecule has 3 aromatic carbocycles. The molecule has 0 atom stereocenters. The van der Waals surface area contributed by atoms with Gasteiger partial charge in [-0.2, -0.15) is 4.39 Å². The summed E-state index contributed by atoms with van der Waals surface area (Å²) in [6.07, 6.45) is 0. The monoisotopic (exact) mass is 564 g/mol. The fraction of sp³-hybridized carbons (Fsp3) is 0.357. The van der Waals surface area contributed by atoms with Gasteiger partial charge in [0, 0.05) is 98.0 Å². The van der Waals surface area contributed by atoms with Gasteiger partial charge in [0.1, 0.15) is 5.82 Å². The Kier molecular flexibility index (Phi) is 8.23. The molecule has 202 valence electrons. The van der Waals surface area contributed by atoms with E-state index in [1.165, 1.54) is 0 Å². The number of halogens is 5. The molecule has 0 saturated carbocycles. The van der Waals surface area contributed by atoms with E-state index in [9.17, 15) is 13.9 Å². The molecule has 2 fully saturated rings. The summed E-state index contributed by atoms with van der Waals surface area (Å²) in [6.45, 7) is 4.91. The van der Waals surface area contributed by atoms with Crippen LogP contribution < -0.4 is 9.80 Å². The zero-order valence-corrected chi connectivity index (χ0v) is 22.3. The van der Waals surface area contributed by atoms with Crippen molar-refractivity contribution in [3.63, 3.8) is 0 Å². The van der Waals surface area contributed by atoms with Crippen LogP contribution >= 0.6 is 23.2 Å². The standard InChI is InChI=1S/C28H29Cl2F3N4O/c29-19-1-5-21(6-2-19)36-13-9-34(10-14-36)17-23-25(31)24(28(38)27(33)26(23)32)18-35-11-15-37(16-12-35)22-7-3-20(30)4-8-22/h1-8,38H,9-18H2. The summed E-state index contributed by atoms with van der Waals surface area (Å²) in [5, 5.41) is 11.6. The Labute approximate surface area is 230 Å². The van der Waals surface area contributed by atoms with Crippen LogP contribution in [0, 0.1) is 17.5 Å². The second-order valence-corrected chi connectivity index (χ2v) is 10.6. The molecule has 0 radical (unpaired) electrons. The average Bonchev–Trinajstić information content (AvgIpc) is 2.94. The van der Waals surface area contributed by atoms with Crippen LogP contribution in [0.25, 0.3) is 0 Å². The molecule has 38 heavy (non-hydrogen) atoms. The lowest BCUT2D eigenvalue weighted by Gasteiger charge is -2.37. The van der Waals surface area contributed by atoms with Gasteiger partial charge in [0.15, 0.2) is 11.6 Å². The highest BCUT2D eigenvalue weighted by Gasteiger charge is 2.29. The van der Waals surface area contributed by atoms with E-state index in [2.05, 4.69) is 9.80 Å². The molecule has 0 bridgehead atoms. The first-order chi connectivity index (χ1) is 18.3. The van der Waals surface area contributed by atoms with E-state index < -0.39 is 23.2 Å². The molecule has 10 heteroatoms. The predicted octanol–water partition coefficient (Wildman–Crippen LogP) is 5.76. The highest BCUT2D eigenvalue weighted by Crippen LogP contribution is 2.33. The summed E-state index contributed by atoms with van der Waals surface area (Å²) in [5.74, 6) is -4.54. The molecule has 1 N–H and O–H groups in total. The van der Waals surface area contributed by atoms with Gasteiger partial charge < -0.3 is 14.9 Å². The molecular formula is C28H29Cl2F3N4O. The van der Waals surface area contributed by atoms with Crippen LogP contribution in [0.2, 0.25) is 10.0 Å². The Morgan fingerprint density at radius 3 is 1.37 bits per heavy atom. The highest BCUT2D eigenvalue weighted by molar-refractivity contribution is 6.30. The second kappa shape index (κ2) is 11.6. The molecule has 2 aliphatic heterocycles. The van der Waals surface area contributed by atoms with Crippen LogP contribution in [-0.4, -0.2) is 67.3 Å². The van der Waals surface area contributed by atoms with Crippen LogP contribution in [0.4, 0.5) is 24.5 Å². The van der Waals surface area contributed by atoms with Crippen LogP contribution in [0.5, 0.6) is 5.75 Å². The van der Waals surface area contributed by atoms with Gasteiger partial charge >= 0.3 is 0 Å². The van der Waals surface area contributed by atoms with E-state index >= 15 is 4.39 Å². The first-order valence-electron chi connectivity index (χ1n) is 12.6. The smallest absolute Gasteiger partial charge is 0.201 e. The van der Waals surface area contributed by atoms with Crippen LogP contribution in [-0.2, 0) is 13.1 Å². The molecule has 2 aliphatic rings. The number of hydrogen-bond acceptors (Lipinski definition) is 5. The van der Waals surface area contributed by atoms with Crippen molar-refractivity contribution in [1.29, 1.82) is 0 Å². The van der Waals surface area contributed by atoms with Crippen LogP contribution in [0.3, 0.4) is 0 Å². The second-order valence-electron chi connectivity index (χ2n) is 9.73. The highest BCUT2D eigenvalue weighted by atomic mass is 35.5. The quantitative estimate of drug-likeness (QED) is 0.385. The summed E-state index contributed by atoms with van der Waals surface area (Å²) in [5.41, 5.74) is 1.53. The third-order valence-electron chi connectivity index (χ3n) is 7.37. The number of benzene rings is 3. The molecular weight excluding hydrogens is 536 g/mol. The number of phenols is 1. The summed E-state index contributed by atoms with van der Waals surface area (Å²) >= 11 is 11.9. The van der Waals surface area contributed by atoms with Gasteiger partial charge in [-0.15, -0.1) is 0 Å². The number of piperazine rings is 2. The lowest BCUT2D eigenvalue weighted by Crippen LogP contribution is -2.46. The maximum Gasteiger partial charge on any atom is 0.201 e. The number of aromatic hydroxyl groups is 1. The topological polar surface area (TPSA) is 33.2 Å². The first-order valence-corrected chi connectivity index (χ1v) is 13.4. The fourth-order valence-corrected chi connectivity index (χ4v) is 5.37. The number of rotatable bonds is 6. The Balaban J connectivity index is 1.24. The average molecular weight is 565 g/mol. The molecule has 0 aromatic heterocycles. The van der Waals surface area contributed by atoms with Crippen molar-refractivity contribution < 1.29 is 18.3 Å². The lowest BCUT2D eigenvalue weighted by molar-refractivity contribution is 0.231. The zero-order valence-electron chi connectivity index (χ0n) is 20.8. The third kappa shape index (κ3) is 5.83. The fourth-order valence-electron chi connectivity index (χ4n) is 5.11. The molecule has 0 amide bonds. The minimum absolute atomic E-state index is 0.000664. The van der Waals surface area contributed by atoms with Gasteiger partial charge in [0.25, 0.3) is 0 Å². The minimum Gasteiger partial charge on any atom is -0.504 e. The van der Waals surface area contributed by atoms with Crippen molar-refractivity contribution in [2.75, 3.05) is 62.2 Å². The van der Waals surface area contributed by atoms with Crippen molar-refractivity contribution in [3.05, 3.63) is 87.2 Å². The Bertz CT molecular complexity index is 1170. The number of phenolic OH excluding ortho intramolecular Hbond substituents is 1. The predicted molar refractivity (Wildman–Crippen MR) is 146 cm³/mol. The van der Waals surface area contributed by atoms with Gasteiger partial charge in [-0.25, -0.2) is 8.78 Å². The van der Waals surface area contributed by atoms with E-state index in [-0.39, 0.29) is 24.2 Å². The van der Waals surface area contributed by atoms with Crippen molar-refractivity contribution in [3.8, 4) is 5.75 Å². The Morgan fingerprint density at radius 2 is 0.947 bits per heavy atom. The van der Waals surface area contributed by atoms with Crippen molar-refractivity contribution >= 4 is 34.6 Å². The van der Waals surface area contributed by atoms with E-state index in [1.54, 1.807) is 0 Å². The molecule has 5 nitrogen and oxygen atoms in total. The van der Waals surface area contributed by atoms with E-state index in [0.717, 1.165) is 11.4 Å². The van der Waals surface area contributed by atoms with E-state index in [0.29, 0.717) is 62.4 Å². The lowest BCUT2D eigenvalue weighted by atomic mass is 10.0. The zero-order chi connectivity index (χ0) is 26.8. The van der Waals surface area contributed by atoms with Crippen molar-refractivity contribution in [1.82, 2.24) is 9.80 Å². The van der Waals surface area contributed by atoms with Crippen molar-refractivity contribution in [2.45, 2.75) is 13.1 Å². The van der Waals surface area contributed by atoms with Crippen LogP contribution in [0.1, 0.15) is 11.1 Å². The molecule has 2 saturated heterocycles. The number of nitrogens with zero attached hydrogens (tertiary/aromatic N) is 4. The van der Waals surface area contributed by atoms with Gasteiger partial charge in [0.05, 0.1) is 0 Å². The van der Waals surface area contributed by atoms with Crippen LogP contribution in [0.15, 0.2) is 48.5 Å². The number of anilines is 2. The first kappa shape index (κ1) is 26.9. The summed E-state index contributed by atoms with van der Waals surface area (Å²) in [4.78, 5) is 8.20. The maximum absolute atomic E-state index is 15.6. The van der Waals surface area contributed by atoms with E-state index in [4.69, 9.17) is 23.2 Å². The van der Waals surface area contributed by atoms with Gasteiger partial charge in [-0.05, 0) is 48.5 Å². The van der Waals surface area contributed by atoms with Gasteiger partial charge in [-0.1, -0.05) is 23.2 Å². The summed E-state index contributed by atoms with van der Waals surface area (Å²) in [6, 6.07) is 15.1. The summed E-state index contributed by atoms with van der Waals surface area (Å²) < 4.78 is 45.1. The SMILES string of the molecule is Oc1c(F)c(F)c(CN2CCN(c3ccc(Cl)cc3)CC2)c(F)c1CN1CCN(c2ccc(Cl)cc2)CC1. The molecule has 5 rings (SSSR count). The Hall–Kier alpha value is -2.65. The summed E-state index contributed by atoms with van der Waals surface area (Å²) in [7, 11) is 0. The molecule has 0 spiro atoms. The molecule has 0 aliphatic carbocycles. The number of hydrogen-bond donors (Lipinski definition) is 1. The van der Waals surface area contributed by atoms with Crippen molar-refractivity contribution in [2.24, 2.45) is 0 Å². The normalized spacial score (nSPS) is 17.3. The molecule has 2 heterocycles. The molecule has 3 aromatic rings. The minimum atomic E-state index is -1.39. The van der Waals surface area contributed by atoms with E-state index in [1.807, 2.05) is 58.3 Å². The largest absolute Gasteiger partial charge is 0.504 e. The van der Waals surface area contributed by atoms with Gasteiger partial charge in [-0.3, -0.25) is 9.80 Å². The maximum atomic E-state index is 15.6. The molecule has 0 unspecified atom stereocenters. The van der Waals surface area contributed by atoms with Gasteiger partial charge in [0.2, 0.25) is 5.82 Å². The Morgan fingerprint density at radius 1 is 0.553 bits per heavy atom.